The third-order valence-corrected chi connectivity index (χ3v) is 4.55. The van der Waals surface area contributed by atoms with E-state index in [9.17, 15) is 10.1 Å². The standard InChI is InChI=1S/C18H24N4O3S.HI/c1-14(13-25-2)21-18(19-10-9-17-4-3-11-26-17)20-12-15-5-7-16(8-6-15)22(23)24;/h3-8,11,14H,9-10,12-13H2,1-2H3,(H2,19,20,21);1H. The molecule has 1 aromatic heterocycles. The maximum absolute atomic E-state index is 10.7. The number of nitrogens with one attached hydrogen (secondary N) is 2. The highest BCUT2D eigenvalue weighted by Gasteiger charge is 2.07. The van der Waals surface area contributed by atoms with E-state index in [2.05, 4.69) is 27.1 Å². The first-order valence-corrected chi connectivity index (χ1v) is 9.26. The summed E-state index contributed by atoms with van der Waals surface area (Å²) < 4.78 is 5.16. The van der Waals surface area contributed by atoms with E-state index < -0.39 is 4.92 Å². The molecule has 148 valence electrons. The van der Waals surface area contributed by atoms with Crippen LogP contribution in [0.1, 0.15) is 17.4 Å². The number of guanidine groups is 1. The average molecular weight is 504 g/mol. The molecule has 1 unspecified atom stereocenters. The molecule has 0 aliphatic carbocycles. The number of thiophene rings is 1. The van der Waals surface area contributed by atoms with Crippen LogP contribution in [-0.2, 0) is 17.7 Å². The van der Waals surface area contributed by atoms with Crippen LogP contribution in [0.2, 0.25) is 0 Å². The van der Waals surface area contributed by atoms with E-state index in [0.29, 0.717) is 19.1 Å². The minimum absolute atomic E-state index is 0. The van der Waals surface area contributed by atoms with Crippen molar-refractivity contribution in [2.75, 3.05) is 20.3 Å². The molecule has 7 nitrogen and oxygen atoms in total. The smallest absolute Gasteiger partial charge is 0.269 e. The van der Waals surface area contributed by atoms with Crippen LogP contribution in [0.3, 0.4) is 0 Å². The number of nitro groups is 1. The fraction of sp³-hybridized carbons (Fsp3) is 0.389. The molecule has 1 heterocycles. The van der Waals surface area contributed by atoms with Gasteiger partial charge in [0.1, 0.15) is 0 Å². The topological polar surface area (TPSA) is 88.8 Å². The first kappa shape index (κ1) is 23.3. The molecule has 2 N–H and O–H groups in total. The summed E-state index contributed by atoms with van der Waals surface area (Å²) in [5, 5.41) is 19.4. The van der Waals surface area contributed by atoms with E-state index in [1.54, 1.807) is 30.6 Å². The maximum atomic E-state index is 10.7. The van der Waals surface area contributed by atoms with Gasteiger partial charge in [0.05, 0.1) is 18.1 Å². The van der Waals surface area contributed by atoms with Crippen molar-refractivity contribution in [2.45, 2.75) is 25.9 Å². The van der Waals surface area contributed by atoms with Gasteiger partial charge in [-0.05, 0) is 30.4 Å². The van der Waals surface area contributed by atoms with E-state index in [1.807, 2.05) is 13.0 Å². The van der Waals surface area contributed by atoms with Crippen molar-refractivity contribution >= 4 is 47.0 Å². The Morgan fingerprint density at radius 1 is 1.33 bits per heavy atom. The fourth-order valence-corrected chi connectivity index (χ4v) is 3.04. The molecule has 0 aliphatic heterocycles. The molecular formula is C18H25IN4O3S. The average Bonchev–Trinajstić information content (AvgIpc) is 3.13. The molecule has 2 aromatic rings. The number of nitrogens with zero attached hydrogens (tertiary/aromatic N) is 2. The van der Waals surface area contributed by atoms with Gasteiger partial charge < -0.3 is 15.4 Å². The van der Waals surface area contributed by atoms with Crippen LogP contribution < -0.4 is 10.6 Å². The van der Waals surface area contributed by atoms with Gasteiger partial charge in [0.2, 0.25) is 0 Å². The minimum atomic E-state index is -0.404. The number of halogens is 1. The molecule has 0 saturated carbocycles. The normalized spacial score (nSPS) is 12.1. The lowest BCUT2D eigenvalue weighted by Crippen LogP contribution is -2.44. The number of methoxy groups -OCH3 is 1. The summed E-state index contributed by atoms with van der Waals surface area (Å²) in [6.45, 7) is 3.80. The lowest BCUT2D eigenvalue weighted by atomic mass is 10.2. The second-order valence-corrected chi connectivity index (χ2v) is 6.88. The highest BCUT2D eigenvalue weighted by Crippen LogP contribution is 2.12. The number of hydrogen-bond donors (Lipinski definition) is 2. The molecule has 0 radical (unpaired) electrons. The molecule has 0 spiro atoms. The molecule has 1 aromatic carbocycles. The zero-order valence-electron chi connectivity index (χ0n) is 15.4. The summed E-state index contributed by atoms with van der Waals surface area (Å²) >= 11 is 1.74. The van der Waals surface area contributed by atoms with Crippen LogP contribution in [0.25, 0.3) is 0 Å². The summed E-state index contributed by atoms with van der Waals surface area (Å²) in [5.41, 5.74) is 0.994. The Labute approximate surface area is 180 Å². The Hall–Kier alpha value is -1.72. The number of nitro benzene ring substituents is 1. The molecular weight excluding hydrogens is 479 g/mol. The second kappa shape index (κ2) is 12.6. The molecule has 0 aliphatic rings. The van der Waals surface area contributed by atoms with Crippen molar-refractivity contribution in [3.63, 3.8) is 0 Å². The molecule has 0 saturated heterocycles. The van der Waals surface area contributed by atoms with Crippen molar-refractivity contribution in [3.05, 3.63) is 62.3 Å². The van der Waals surface area contributed by atoms with Gasteiger partial charge in [-0.1, -0.05) is 18.2 Å². The van der Waals surface area contributed by atoms with Crippen molar-refractivity contribution in [3.8, 4) is 0 Å². The van der Waals surface area contributed by atoms with Gasteiger partial charge in [-0.25, -0.2) is 4.99 Å². The number of benzene rings is 1. The lowest BCUT2D eigenvalue weighted by molar-refractivity contribution is -0.384. The van der Waals surface area contributed by atoms with Crippen LogP contribution in [0.5, 0.6) is 0 Å². The van der Waals surface area contributed by atoms with Gasteiger partial charge >= 0.3 is 0 Å². The van der Waals surface area contributed by atoms with Crippen LogP contribution >= 0.6 is 35.3 Å². The predicted molar refractivity (Wildman–Crippen MR) is 120 cm³/mol. The van der Waals surface area contributed by atoms with Crippen LogP contribution in [0, 0.1) is 10.1 Å². The maximum Gasteiger partial charge on any atom is 0.269 e. The van der Waals surface area contributed by atoms with Gasteiger partial charge in [0, 0.05) is 36.7 Å². The summed E-state index contributed by atoms with van der Waals surface area (Å²) in [4.78, 5) is 16.2. The highest BCUT2D eigenvalue weighted by molar-refractivity contribution is 14.0. The Morgan fingerprint density at radius 2 is 2.07 bits per heavy atom. The zero-order valence-corrected chi connectivity index (χ0v) is 18.5. The van der Waals surface area contributed by atoms with Crippen molar-refractivity contribution in [1.82, 2.24) is 10.6 Å². The van der Waals surface area contributed by atoms with Gasteiger partial charge in [-0.2, -0.15) is 0 Å². The molecule has 1 atom stereocenters. The predicted octanol–water partition coefficient (Wildman–Crippen LogP) is 3.59. The number of hydrogen-bond acceptors (Lipinski definition) is 5. The minimum Gasteiger partial charge on any atom is -0.383 e. The molecule has 0 fully saturated rings. The molecule has 0 bridgehead atoms. The number of ether oxygens (including phenoxy) is 1. The largest absolute Gasteiger partial charge is 0.383 e. The second-order valence-electron chi connectivity index (χ2n) is 5.85. The summed E-state index contributed by atoms with van der Waals surface area (Å²) in [6, 6.07) is 10.7. The van der Waals surface area contributed by atoms with E-state index >= 15 is 0 Å². The molecule has 27 heavy (non-hydrogen) atoms. The first-order chi connectivity index (χ1) is 12.6. The Kier molecular flexibility index (Phi) is 10.9. The van der Waals surface area contributed by atoms with E-state index in [-0.39, 0.29) is 35.7 Å². The number of non-ortho nitro benzene ring substituents is 1. The van der Waals surface area contributed by atoms with Crippen molar-refractivity contribution < 1.29 is 9.66 Å². The van der Waals surface area contributed by atoms with Crippen molar-refractivity contribution in [1.29, 1.82) is 0 Å². The number of rotatable bonds is 9. The summed E-state index contributed by atoms with van der Waals surface area (Å²) in [7, 11) is 1.66. The number of aliphatic imine (C=N–C) groups is 1. The third-order valence-electron chi connectivity index (χ3n) is 3.61. The van der Waals surface area contributed by atoms with Crippen LogP contribution in [0.15, 0.2) is 46.8 Å². The lowest BCUT2D eigenvalue weighted by Gasteiger charge is -2.17. The Morgan fingerprint density at radius 3 is 2.67 bits per heavy atom. The SMILES string of the molecule is COCC(C)NC(=NCc1ccc([N+](=O)[O-])cc1)NCCc1cccs1.I. The summed E-state index contributed by atoms with van der Waals surface area (Å²) in [6.07, 6.45) is 0.925. The first-order valence-electron chi connectivity index (χ1n) is 8.38. The zero-order chi connectivity index (χ0) is 18.8. The van der Waals surface area contributed by atoms with Gasteiger partial charge in [-0.3, -0.25) is 10.1 Å². The molecule has 9 heteroatoms. The summed E-state index contributed by atoms with van der Waals surface area (Å²) in [5.74, 6) is 0.699. The van der Waals surface area contributed by atoms with Gasteiger partial charge in [0.15, 0.2) is 5.96 Å². The van der Waals surface area contributed by atoms with E-state index in [0.717, 1.165) is 18.5 Å². The monoisotopic (exact) mass is 504 g/mol. The van der Waals surface area contributed by atoms with E-state index in [4.69, 9.17) is 4.74 Å². The van der Waals surface area contributed by atoms with Gasteiger partial charge in [0.25, 0.3) is 5.69 Å². The Bertz CT molecular complexity index is 708. The third kappa shape index (κ3) is 8.67. The van der Waals surface area contributed by atoms with Crippen LogP contribution in [-0.4, -0.2) is 37.2 Å². The quantitative estimate of drug-likeness (QED) is 0.179. The highest BCUT2D eigenvalue weighted by atomic mass is 127. The molecule has 0 amide bonds. The Balaban J connectivity index is 0.00000364. The fourth-order valence-electron chi connectivity index (χ4n) is 2.33. The molecule has 2 rings (SSSR count). The van der Waals surface area contributed by atoms with E-state index in [1.165, 1.54) is 17.0 Å². The van der Waals surface area contributed by atoms with Crippen LogP contribution in [0.4, 0.5) is 5.69 Å². The van der Waals surface area contributed by atoms with Gasteiger partial charge in [-0.15, -0.1) is 35.3 Å². The van der Waals surface area contributed by atoms with Crippen molar-refractivity contribution in [2.24, 2.45) is 4.99 Å².